The third-order valence-corrected chi connectivity index (χ3v) is 5.24. The van der Waals surface area contributed by atoms with E-state index in [4.69, 9.17) is 0 Å². The van der Waals surface area contributed by atoms with E-state index in [2.05, 4.69) is 9.71 Å². The van der Waals surface area contributed by atoms with Gasteiger partial charge in [0.25, 0.3) is 0 Å². The largest absolute Gasteiger partial charge is 0.263 e. The zero-order chi connectivity index (χ0) is 14.9. The van der Waals surface area contributed by atoms with E-state index in [9.17, 15) is 12.8 Å². The van der Waals surface area contributed by atoms with Crippen LogP contribution in [0.25, 0.3) is 0 Å². The fraction of sp³-hybridized carbons (Fsp3) is 0.267. The van der Waals surface area contributed by atoms with Gasteiger partial charge < -0.3 is 0 Å². The molecule has 0 amide bonds. The van der Waals surface area contributed by atoms with Gasteiger partial charge >= 0.3 is 0 Å². The Hall–Kier alpha value is -1.79. The summed E-state index contributed by atoms with van der Waals surface area (Å²) in [7, 11) is -3.56. The monoisotopic (exact) mass is 306 g/mol. The topological polar surface area (TPSA) is 59.1 Å². The fourth-order valence-corrected chi connectivity index (χ4v) is 3.43. The molecule has 4 nitrogen and oxygen atoms in total. The Morgan fingerprint density at radius 3 is 2.48 bits per heavy atom. The van der Waals surface area contributed by atoms with E-state index >= 15 is 0 Å². The minimum Gasteiger partial charge on any atom is -0.263 e. The first kappa shape index (κ1) is 14.2. The van der Waals surface area contributed by atoms with Crippen molar-refractivity contribution >= 4 is 10.0 Å². The molecule has 6 heteroatoms. The minimum absolute atomic E-state index is 0.153. The number of hydrogen-bond acceptors (Lipinski definition) is 3. The summed E-state index contributed by atoms with van der Waals surface area (Å²) in [5.74, 6) is -0.287. The van der Waals surface area contributed by atoms with Gasteiger partial charge in [0.1, 0.15) is 10.7 Å². The lowest BCUT2D eigenvalue weighted by molar-refractivity contribution is 0.566. The number of aromatic nitrogens is 1. The molecular weight excluding hydrogens is 291 g/mol. The van der Waals surface area contributed by atoms with Crippen LogP contribution in [0.15, 0.2) is 53.7 Å². The van der Waals surface area contributed by atoms with Crippen molar-refractivity contribution in [1.29, 1.82) is 0 Å². The van der Waals surface area contributed by atoms with Crippen molar-refractivity contribution < 1.29 is 12.8 Å². The van der Waals surface area contributed by atoms with Crippen molar-refractivity contribution in [2.24, 2.45) is 0 Å². The zero-order valence-corrected chi connectivity index (χ0v) is 12.1. The van der Waals surface area contributed by atoms with E-state index in [1.165, 1.54) is 30.6 Å². The highest BCUT2D eigenvalue weighted by Crippen LogP contribution is 2.47. The van der Waals surface area contributed by atoms with Crippen LogP contribution >= 0.6 is 0 Å². The van der Waals surface area contributed by atoms with Crippen molar-refractivity contribution in [2.75, 3.05) is 6.54 Å². The number of rotatable bonds is 5. The molecule has 0 spiro atoms. The summed E-state index contributed by atoms with van der Waals surface area (Å²) >= 11 is 0. The van der Waals surface area contributed by atoms with Crippen LogP contribution in [0.5, 0.6) is 0 Å². The van der Waals surface area contributed by atoms with Crippen LogP contribution in [-0.4, -0.2) is 19.9 Å². The Bertz CT molecular complexity index is 726. The normalized spacial score (nSPS) is 16.6. The van der Waals surface area contributed by atoms with Gasteiger partial charge in [-0.15, -0.1) is 0 Å². The SMILES string of the molecule is O=S(=O)(NCC1(c2ccc(F)cc2)CC1)c1cccnc1. The molecule has 0 aliphatic heterocycles. The zero-order valence-electron chi connectivity index (χ0n) is 11.3. The highest BCUT2D eigenvalue weighted by molar-refractivity contribution is 7.89. The molecule has 1 fully saturated rings. The first-order valence-electron chi connectivity index (χ1n) is 6.68. The van der Waals surface area contributed by atoms with Gasteiger partial charge in [-0.25, -0.2) is 17.5 Å². The maximum atomic E-state index is 13.0. The van der Waals surface area contributed by atoms with Crippen LogP contribution in [0.2, 0.25) is 0 Å². The Balaban J connectivity index is 1.74. The second kappa shape index (κ2) is 5.20. The summed E-state index contributed by atoms with van der Waals surface area (Å²) in [6, 6.07) is 9.35. The van der Waals surface area contributed by atoms with Gasteiger partial charge in [-0.05, 0) is 42.7 Å². The average Bonchev–Trinajstić information content (AvgIpc) is 3.28. The van der Waals surface area contributed by atoms with Gasteiger partial charge in [0, 0.05) is 24.4 Å². The Morgan fingerprint density at radius 1 is 1.19 bits per heavy atom. The van der Waals surface area contributed by atoms with E-state index in [0.717, 1.165) is 18.4 Å². The molecule has 21 heavy (non-hydrogen) atoms. The van der Waals surface area contributed by atoms with E-state index in [-0.39, 0.29) is 16.1 Å². The number of nitrogens with one attached hydrogen (secondary N) is 1. The van der Waals surface area contributed by atoms with E-state index in [1.807, 2.05) is 0 Å². The highest BCUT2D eigenvalue weighted by Gasteiger charge is 2.44. The standard InChI is InChI=1S/C15H15FN2O2S/c16-13-5-3-12(4-6-13)15(7-8-15)11-18-21(19,20)14-2-1-9-17-10-14/h1-6,9-10,18H,7-8,11H2. The molecular formula is C15H15FN2O2S. The third-order valence-electron chi connectivity index (χ3n) is 3.86. The average molecular weight is 306 g/mol. The quantitative estimate of drug-likeness (QED) is 0.921. The summed E-state index contributed by atoms with van der Waals surface area (Å²) in [6.45, 7) is 0.315. The molecule has 110 valence electrons. The maximum absolute atomic E-state index is 13.0. The highest BCUT2D eigenvalue weighted by atomic mass is 32.2. The molecule has 1 aliphatic rings. The minimum atomic E-state index is -3.56. The summed E-state index contributed by atoms with van der Waals surface area (Å²) in [5, 5.41) is 0. The van der Waals surface area contributed by atoms with Gasteiger partial charge in [0.2, 0.25) is 10.0 Å². The van der Waals surface area contributed by atoms with Crippen LogP contribution in [-0.2, 0) is 15.4 Å². The lowest BCUT2D eigenvalue weighted by atomic mass is 9.96. The van der Waals surface area contributed by atoms with E-state index in [1.54, 1.807) is 18.2 Å². The van der Waals surface area contributed by atoms with E-state index in [0.29, 0.717) is 6.54 Å². The predicted molar refractivity (Wildman–Crippen MR) is 76.7 cm³/mol. The third kappa shape index (κ3) is 2.96. The summed E-state index contributed by atoms with van der Waals surface area (Å²) in [5.41, 5.74) is 0.765. The van der Waals surface area contributed by atoms with Crippen molar-refractivity contribution in [3.8, 4) is 0 Å². The number of nitrogens with zero attached hydrogens (tertiary/aromatic N) is 1. The van der Waals surface area contributed by atoms with Crippen LogP contribution in [0, 0.1) is 5.82 Å². The van der Waals surface area contributed by atoms with Crippen LogP contribution in [0.1, 0.15) is 18.4 Å². The van der Waals surface area contributed by atoms with Gasteiger partial charge in [-0.1, -0.05) is 12.1 Å². The second-order valence-corrected chi connectivity index (χ2v) is 7.07. The number of halogens is 1. The molecule has 0 unspecified atom stereocenters. The molecule has 1 aromatic carbocycles. The van der Waals surface area contributed by atoms with Crippen LogP contribution in [0.4, 0.5) is 4.39 Å². The maximum Gasteiger partial charge on any atom is 0.242 e. The molecule has 0 bridgehead atoms. The smallest absolute Gasteiger partial charge is 0.242 e. The van der Waals surface area contributed by atoms with E-state index < -0.39 is 10.0 Å². The van der Waals surface area contributed by atoms with Crippen molar-refractivity contribution in [3.63, 3.8) is 0 Å². The second-order valence-electron chi connectivity index (χ2n) is 5.30. The molecule has 0 saturated heterocycles. The fourth-order valence-electron chi connectivity index (χ4n) is 2.34. The molecule has 1 saturated carbocycles. The predicted octanol–water partition coefficient (Wildman–Crippen LogP) is 2.23. The Morgan fingerprint density at radius 2 is 1.90 bits per heavy atom. The molecule has 0 atom stereocenters. The van der Waals surface area contributed by atoms with Gasteiger partial charge in [-0.2, -0.15) is 0 Å². The van der Waals surface area contributed by atoms with Gasteiger partial charge in [-0.3, -0.25) is 4.98 Å². The number of pyridine rings is 1. The first-order chi connectivity index (χ1) is 10.0. The summed E-state index contributed by atoms with van der Waals surface area (Å²) < 4.78 is 40.0. The number of benzene rings is 1. The summed E-state index contributed by atoms with van der Waals surface area (Å²) in [6.07, 6.45) is 4.64. The molecule has 0 radical (unpaired) electrons. The molecule has 2 aromatic rings. The lowest BCUT2D eigenvalue weighted by Crippen LogP contribution is -2.32. The van der Waals surface area contributed by atoms with Crippen LogP contribution < -0.4 is 4.72 Å². The van der Waals surface area contributed by atoms with Gasteiger partial charge in [0.05, 0.1) is 0 Å². The van der Waals surface area contributed by atoms with Crippen molar-refractivity contribution in [3.05, 3.63) is 60.2 Å². The lowest BCUT2D eigenvalue weighted by Gasteiger charge is -2.16. The molecule has 1 heterocycles. The Labute approximate surface area is 123 Å². The first-order valence-corrected chi connectivity index (χ1v) is 8.16. The van der Waals surface area contributed by atoms with Gasteiger partial charge in [0.15, 0.2) is 0 Å². The molecule has 1 N–H and O–H groups in total. The molecule has 1 aromatic heterocycles. The summed E-state index contributed by atoms with van der Waals surface area (Å²) in [4.78, 5) is 3.97. The van der Waals surface area contributed by atoms with Crippen molar-refractivity contribution in [2.45, 2.75) is 23.2 Å². The molecule has 1 aliphatic carbocycles. The van der Waals surface area contributed by atoms with Crippen molar-refractivity contribution in [1.82, 2.24) is 9.71 Å². The Kier molecular flexibility index (Phi) is 3.51. The number of hydrogen-bond donors (Lipinski definition) is 1. The number of sulfonamides is 1. The van der Waals surface area contributed by atoms with Crippen LogP contribution in [0.3, 0.4) is 0 Å². The molecule has 3 rings (SSSR count).